The van der Waals surface area contributed by atoms with E-state index in [1.165, 1.54) is 6.21 Å². The summed E-state index contributed by atoms with van der Waals surface area (Å²) in [5.41, 5.74) is 0.0982. The number of methoxy groups -OCH3 is 2. The first-order valence-corrected chi connectivity index (χ1v) is 10.1. The Balaban J connectivity index is 1.79. The van der Waals surface area contributed by atoms with Crippen LogP contribution >= 0.6 is 0 Å². The highest BCUT2D eigenvalue weighted by Gasteiger charge is 2.49. The number of ether oxygens (including phenoxy) is 3. The van der Waals surface area contributed by atoms with E-state index in [1.807, 2.05) is 0 Å². The highest BCUT2D eigenvalue weighted by molar-refractivity contribution is 6.07. The maximum absolute atomic E-state index is 13.0. The number of benzene rings is 2. The molecule has 1 aliphatic rings. The van der Waals surface area contributed by atoms with Crippen LogP contribution in [-0.4, -0.2) is 44.0 Å². The molecule has 0 unspecified atom stereocenters. The molecule has 8 nitrogen and oxygen atoms in total. The van der Waals surface area contributed by atoms with Crippen LogP contribution in [0.15, 0.2) is 47.6 Å². The van der Waals surface area contributed by atoms with Gasteiger partial charge in [0.2, 0.25) is 0 Å². The molecule has 8 heteroatoms. The van der Waals surface area contributed by atoms with Crippen LogP contribution in [0.5, 0.6) is 17.2 Å². The van der Waals surface area contributed by atoms with Crippen LogP contribution in [0.4, 0.5) is 4.79 Å². The van der Waals surface area contributed by atoms with E-state index in [9.17, 15) is 9.59 Å². The van der Waals surface area contributed by atoms with E-state index in [-0.39, 0.29) is 0 Å². The smallest absolute Gasteiger partial charge is 0.346 e. The molecular formula is C23H27N3O5. The third-order valence-electron chi connectivity index (χ3n) is 5.10. The predicted molar refractivity (Wildman–Crippen MR) is 117 cm³/mol. The number of rotatable bonds is 9. The van der Waals surface area contributed by atoms with E-state index in [0.717, 1.165) is 17.9 Å². The van der Waals surface area contributed by atoms with Crippen LogP contribution in [0.2, 0.25) is 0 Å². The van der Waals surface area contributed by atoms with Crippen LogP contribution in [0, 0.1) is 0 Å². The summed E-state index contributed by atoms with van der Waals surface area (Å²) >= 11 is 0. The van der Waals surface area contributed by atoms with Gasteiger partial charge < -0.3 is 19.5 Å². The summed E-state index contributed by atoms with van der Waals surface area (Å²) in [6.45, 7) is 4.31. The standard InChI is InChI=1S/C23H27N3O5/c1-5-6-13-31-20-14-16(7-12-19(20)30-4)15-24-26-21(27)23(2,25-22(26)28)17-8-10-18(29-3)11-9-17/h7-12,14-15H,5-6,13H2,1-4H3,(H,25,28)/b24-15-/t23-/m1/s1. The van der Waals surface area contributed by atoms with Crippen LogP contribution in [-0.2, 0) is 10.3 Å². The SMILES string of the molecule is CCCCOc1cc(/C=N\N2C(=O)N[C@](C)(c3ccc(OC)cc3)C2=O)ccc1OC. The van der Waals surface area contributed by atoms with Crippen molar-refractivity contribution in [1.29, 1.82) is 0 Å². The molecule has 1 N–H and O–H groups in total. The second-order valence-electron chi connectivity index (χ2n) is 7.26. The van der Waals surface area contributed by atoms with Gasteiger partial charge in [-0.3, -0.25) is 4.79 Å². The molecule has 0 aliphatic carbocycles. The molecule has 164 valence electrons. The van der Waals surface area contributed by atoms with Crippen molar-refractivity contribution in [2.75, 3.05) is 20.8 Å². The fourth-order valence-corrected chi connectivity index (χ4v) is 3.19. The molecule has 3 rings (SSSR count). The fraction of sp³-hybridized carbons (Fsp3) is 0.348. The maximum atomic E-state index is 13.0. The summed E-state index contributed by atoms with van der Waals surface area (Å²) in [5.74, 6) is 1.39. The molecule has 31 heavy (non-hydrogen) atoms. The van der Waals surface area contributed by atoms with E-state index >= 15 is 0 Å². The Morgan fingerprint density at radius 3 is 2.45 bits per heavy atom. The van der Waals surface area contributed by atoms with Gasteiger partial charge in [0.15, 0.2) is 11.5 Å². The van der Waals surface area contributed by atoms with Gasteiger partial charge in [-0.05, 0) is 54.8 Å². The number of hydrogen-bond acceptors (Lipinski definition) is 6. The van der Waals surface area contributed by atoms with Crippen molar-refractivity contribution in [3.8, 4) is 17.2 Å². The first-order chi connectivity index (χ1) is 14.9. The third-order valence-corrected chi connectivity index (χ3v) is 5.10. The summed E-state index contributed by atoms with van der Waals surface area (Å²) in [6.07, 6.45) is 3.39. The number of imide groups is 1. The first-order valence-electron chi connectivity index (χ1n) is 10.1. The zero-order valence-electron chi connectivity index (χ0n) is 18.2. The Hall–Kier alpha value is -3.55. The van der Waals surface area contributed by atoms with Crippen molar-refractivity contribution >= 4 is 18.2 Å². The number of urea groups is 1. The zero-order chi connectivity index (χ0) is 22.4. The fourth-order valence-electron chi connectivity index (χ4n) is 3.19. The minimum atomic E-state index is -1.21. The lowest BCUT2D eigenvalue weighted by Gasteiger charge is -2.21. The van der Waals surface area contributed by atoms with Gasteiger partial charge in [-0.25, -0.2) is 4.79 Å². The Morgan fingerprint density at radius 2 is 1.81 bits per heavy atom. The number of unbranched alkanes of at least 4 members (excludes halogenated alkanes) is 1. The molecule has 0 bridgehead atoms. The zero-order valence-corrected chi connectivity index (χ0v) is 18.2. The van der Waals surface area contributed by atoms with Crippen LogP contribution in [0.1, 0.15) is 37.8 Å². The Morgan fingerprint density at radius 1 is 1.06 bits per heavy atom. The molecule has 0 spiro atoms. The lowest BCUT2D eigenvalue weighted by molar-refractivity contribution is -0.131. The molecule has 1 saturated heterocycles. The number of nitrogens with zero attached hydrogens (tertiary/aromatic N) is 2. The summed E-state index contributed by atoms with van der Waals surface area (Å²) in [7, 11) is 3.14. The summed E-state index contributed by atoms with van der Waals surface area (Å²) in [4.78, 5) is 25.5. The van der Waals surface area contributed by atoms with Gasteiger partial charge in [0.1, 0.15) is 11.3 Å². The van der Waals surface area contributed by atoms with Gasteiger partial charge >= 0.3 is 6.03 Å². The number of nitrogens with one attached hydrogen (secondary N) is 1. The molecule has 0 radical (unpaired) electrons. The molecule has 2 aromatic rings. The lowest BCUT2D eigenvalue weighted by Crippen LogP contribution is -2.40. The normalized spacial score (nSPS) is 18.4. The quantitative estimate of drug-likeness (QED) is 0.376. The molecular weight excluding hydrogens is 398 g/mol. The van der Waals surface area contributed by atoms with Gasteiger partial charge in [-0.2, -0.15) is 5.10 Å². The van der Waals surface area contributed by atoms with Crippen molar-refractivity contribution in [2.24, 2.45) is 5.10 Å². The van der Waals surface area contributed by atoms with Crippen molar-refractivity contribution < 1.29 is 23.8 Å². The largest absolute Gasteiger partial charge is 0.497 e. The van der Waals surface area contributed by atoms with E-state index < -0.39 is 17.5 Å². The molecule has 3 amide bonds. The van der Waals surface area contributed by atoms with Crippen molar-refractivity contribution in [3.05, 3.63) is 53.6 Å². The van der Waals surface area contributed by atoms with Crippen LogP contribution < -0.4 is 19.5 Å². The van der Waals surface area contributed by atoms with E-state index in [1.54, 1.807) is 63.6 Å². The second-order valence-corrected chi connectivity index (χ2v) is 7.26. The van der Waals surface area contributed by atoms with Crippen LogP contribution in [0.3, 0.4) is 0 Å². The maximum Gasteiger partial charge on any atom is 0.346 e. The minimum absolute atomic E-state index is 0.466. The van der Waals surface area contributed by atoms with Gasteiger partial charge in [-0.15, -0.1) is 5.01 Å². The summed E-state index contributed by atoms with van der Waals surface area (Å²) < 4.78 is 16.3. The number of amides is 3. The Kier molecular flexibility index (Phi) is 6.79. The molecule has 1 aliphatic heterocycles. The second kappa shape index (κ2) is 9.51. The lowest BCUT2D eigenvalue weighted by atomic mass is 9.92. The van der Waals surface area contributed by atoms with Crippen LogP contribution in [0.25, 0.3) is 0 Å². The molecule has 1 heterocycles. The Labute approximate surface area is 181 Å². The number of hydrogen-bond donors (Lipinski definition) is 1. The monoisotopic (exact) mass is 425 g/mol. The van der Waals surface area contributed by atoms with Crippen molar-refractivity contribution in [2.45, 2.75) is 32.2 Å². The number of hydrazone groups is 1. The summed E-state index contributed by atoms with van der Waals surface area (Å²) in [6, 6.07) is 11.7. The molecule has 0 aromatic heterocycles. The van der Waals surface area contributed by atoms with Gasteiger partial charge in [0.25, 0.3) is 5.91 Å². The third kappa shape index (κ3) is 4.63. The van der Waals surface area contributed by atoms with E-state index in [0.29, 0.717) is 35.0 Å². The highest BCUT2D eigenvalue weighted by Crippen LogP contribution is 2.31. The molecule has 2 aromatic carbocycles. The molecule has 1 atom stereocenters. The van der Waals surface area contributed by atoms with Gasteiger partial charge in [-0.1, -0.05) is 25.5 Å². The van der Waals surface area contributed by atoms with Crippen molar-refractivity contribution in [3.63, 3.8) is 0 Å². The topological polar surface area (TPSA) is 89.5 Å². The minimum Gasteiger partial charge on any atom is -0.497 e. The Bertz CT molecular complexity index is 974. The number of carbonyl (C=O) groups excluding carboxylic acids is 2. The molecule has 1 fully saturated rings. The first kappa shape index (κ1) is 22.1. The van der Waals surface area contributed by atoms with E-state index in [2.05, 4.69) is 17.3 Å². The number of carbonyl (C=O) groups is 2. The van der Waals surface area contributed by atoms with Gasteiger partial charge in [0, 0.05) is 0 Å². The predicted octanol–water partition coefficient (Wildman–Crippen LogP) is 3.68. The highest BCUT2D eigenvalue weighted by atomic mass is 16.5. The average molecular weight is 425 g/mol. The average Bonchev–Trinajstić information content (AvgIpc) is 3.01. The summed E-state index contributed by atoms with van der Waals surface area (Å²) in [5, 5.41) is 7.69. The van der Waals surface area contributed by atoms with Crippen molar-refractivity contribution in [1.82, 2.24) is 10.3 Å². The molecule has 0 saturated carbocycles. The van der Waals surface area contributed by atoms with E-state index in [4.69, 9.17) is 14.2 Å². The van der Waals surface area contributed by atoms with Gasteiger partial charge in [0.05, 0.1) is 27.0 Å².